The number of carboxylic acid groups (broad SMARTS) is 1. The summed E-state index contributed by atoms with van der Waals surface area (Å²) >= 11 is 5.96. The van der Waals surface area contributed by atoms with Crippen LogP contribution in [0.5, 0.6) is 0 Å². The minimum Gasteiger partial charge on any atom is -0.478 e. The lowest BCUT2D eigenvalue weighted by atomic mass is 10.1. The molecule has 1 fully saturated rings. The van der Waals surface area contributed by atoms with Gasteiger partial charge in [-0.2, -0.15) is 0 Å². The fraction of sp³-hybridized carbons (Fsp3) is 0.316. The SMILES string of the molecule is O=C(O)C=Cc1cnc(N[C@@H]2CCN(CCc3ccc(Br)cc3)C2I)cn1. The zero-order valence-electron chi connectivity index (χ0n) is 14.6. The van der Waals surface area contributed by atoms with Crippen LogP contribution < -0.4 is 5.32 Å². The number of aliphatic carboxylic acids is 1. The van der Waals surface area contributed by atoms with Crippen LogP contribution in [0.3, 0.4) is 0 Å². The van der Waals surface area contributed by atoms with Crippen molar-refractivity contribution in [3.05, 3.63) is 58.5 Å². The smallest absolute Gasteiger partial charge is 0.328 e. The number of hydrogen-bond acceptors (Lipinski definition) is 5. The molecule has 1 unspecified atom stereocenters. The van der Waals surface area contributed by atoms with Gasteiger partial charge < -0.3 is 10.4 Å². The summed E-state index contributed by atoms with van der Waals surface area (Å²) in [5.41, 5.74) is 1.87. The lowest BCUT2D eigenvalue weighted by molar-refractivity contribution is -0.131. The predicted octanol–water partition coefficient (Wildman–Crippen LogP) is 3.83. The molecule has 142 valence electrons. The second-order valence-electron chi connectivity index (χ2n) is 6.32. The molecule has 0 saturated carbocycles. The molecule has 3 rings (SSSR count). The molecule has 1 aliphatic heterocycles. The van der Waals surface area contributed by atoms with Crippen LogP contribution in [0.4, 0.5) is 5.82 Å². The summed E-state index contributed by atoms with van der Waals surface area (Å²) < 4.78 is 1.49. The summed E-state index contributed by atoms with van der Waals surface area (Å²) in [4.78, 5) is 21.6. The number of rotatable bonds is 7. The Morgan fingerprint density at radius 1 is 1.33 bits per heavy atom. The van der Waals surface area contributed by atoms with Crippen LogP contribution >= 0.6 is 38.5 Å². The first-order valence-electron chi connectivity index (χ1n) is 8.63. The molecule has 0 bridgehead atoms. The molecule has 6 nitrogen and oxygen atoms in total. The lowest BCUT2D eigenvalue weighted by Gasteiger charge is -2.23. The first-order valence-corrected chi connectivity index (χ1v) is 10.7. The molecule has 1 saturated heterocycles. The van der Waals surface area contributed by atoms with Gasteiger partial charge in [0.05, 0.1) is 28.2 Å². The van der Waals surface area contributed by atoms with E-state index in [-0.39, 0.29) is 0 Å². The number of carbonyl (C=O) groups is 1. The van der Waals surface area contributed by atoms with Gasteiger partial charge >= 0.3 is 5.97 Å². The van der Waals surface area contributed by atoms with Crippen molar-refractivity contribution in [3.8, 4) is 0 Å². The molecule has 0 spiro atoms. The van der Waals surface area contributed by atoms with Crippen molar-refractivity contribution < 1.29 is 9.90 Å². The Labute approximate surface area is 180 Å². The van der Waals surface area contributed by atoms with Gasteiger partial charge in [0.25, 0.3) is 0 Å². The summed E-state index contributed by atoms with van der Waals surface area (Å²) in [6, 6.07) is 8.80. The topological polar surface area (TPSA) is 78.3 Å². The Balaban J connectivity index is 1.51. The predicted molar refractivity (Wildman–Crippen MR) is 118 cm³/mol. The number of aromatic nitrogens is 2. The van der Waals surface area contributed by atoms with E-state index in [1.165, 1.54) is 11.6 Å². The van der Waals surface area contributed by atoms with E-state index in [4.69, 9.17) is 5.11 Å². The number of anilines is 1. The molecular weight excluding hydrogens is 523 g/mol. The summed E-state index contributed by atoms with van der Waals surface area (Å²) in [6.07, 6.45) is 7.79. The number of benzene rings is 1. The second kappa shape index (κ2) is 9.61. The van der Waals surface area contributed by atoms with Crippen molar-refractivity contribution in [1.29, 1.82) is 0 Å². The molecule has 2 aromatic rings. The molecule has 0 aliphatic carbocycles. The van der Waals surface area contributed by atoms with Gasteiger partial charge in [-0.05, 0) is 36.6 Å². The van der Waals surface area contributed by atoms with E-state index < -0.39 is 5.97 Å². The maximum atomic E-state index is 10.5. The van der Waals surface area contributed by atoms with Crippen LogP contribution in [0.15, 0.2) is 47.2 Å². The molecule has 1 aliphatic rings. The molecule has 1 aromatic heterocycles. The van der Waals surface area contributed by atoms with Crippen LogP contribution in [0.2, 0.25) is 0 Å². The summed E-state index contributed by atoms with van der Waals surface area (Å²) in [7, 11) is 0. The van der Waals surface area contributed by atoms with Crippen LogP contribution in [0.25, 0.3) is 6.08 Å². The van der Waals surface area contributed by atoms with Crippen molar-refractivity contribution >= 4 is 56.4 Å². The van der Waals surface area contributed by atoms with E-state index >= 15 is 0 Å². The highest BCUT2D eigenvalue weighted by atomic mass is 127. The van der Waals surface area contributed by atoms with Gasteiger partial charge in [0.1, 0.15) is 5.82 Å². The van der Waals surface area contributed by atoms with Crippen LogP contribution in [-0.4, -0.2) is 49.1 Å². The number of carboxylic acids is 1. The standard InChI is InChI=1S/C19H20BrIN4O2/c20-14-3-1-13(2-4-14)7-9-25-10-8-16(19(25)21)24-17-12-22-15(11-23-17)5-6-18(26)27/h1-6,11-12,16,19H,7-10H2,(H,23,24)(H,26,27)/t16-,19?/m1/s1. The molecule has 0 amide bonds. The third kappa shape index (κ3) is 5.98. The van der Waals surface area contributed by atoms with E-state index in [9.17, 15) is 4.79 Å². The van der Waals surface area contributed by atoms with E-state index in [0.717, 1.165) is 36.5 Å². The van der Waals surface area contributed by atoms with E-state index in [1.807, 2.05) is 0 Å². The van der Waals surface area contributed by atoms with Gasteiger partial charge in [-0.15, -0.1) is 0 Å². The Hall–Kier alpha value is -1.52. The quantitative estimate of drug-likeness (QED) is 0.240. The number of nitrogens with zero attached hydrogens (tertiary/aromatic N) is 3. The molecule has 2 N–H and O–H groups in total. The zero-order chi connectivity index (χ0) is 19.2. The average molecular weight is 543 g/mol. The fourth-order valence-electron chi connectivity index (χ4n) is 2.97. The summed E-state index contributed by atoms with van der Waals surface area (Å²) in [5.74, 6) is -0.287. The maximum absolute atomic E-state index is 10.5. The van der Waals surface area contributed by atoms with Crippen molar-refractivity contribution in [1.82, 2.24) is 14.9 Å². The van der Waals surface area contributed by atoms with Gasteiger partial charge in [-0.1, -0.05) is 50.7 Å². The summed E-state index contributed by atoms with van der Waals surface area (Å²) in [5, 5.41) is 12.1. The van der Waals surface area contributed by atoms with Crippen molar-refractivity contribution in [3.63, 3.8) is 0 Å². The summed E-state index contributed by atoms with van der Waals surface area (Å²) in [6.45, 7) is 2.08. The van der Waals surface area contributed by atoms with E-state index in [1.54, 1.807) is 12.4 Å². The van der Waals surface area contributed by atoms with Gasteiger partial charge in [0.2, 0.25) is 0 Å². The number of halogens is 2. The number of hydrogen-bond donors (Lipinski definition) is 2. The fourth-order valence-corrected chi connectivity index (χ4v) is 4.33. The van der Waals surface area contributed by atoms with E-state index in [0.29, 0.717) is 21.6 Å². The van der Waals surface area contributed by atoms with Crippen LogP contribution in [-0.2, 0) is 11.2 Å². The lowest BCUT2D eigenvalue weighted by Crippen LogP contribution is -2.35. The largest absolute Gasteiger partial charge is 0.478 e. The maximum Gasteiger partial charge on any atom is 0.328 e. The van der Waals surface area contributed by atoms with Crippen LogP contribution in [0.1, 0.15) is 17.7 Å². The Morgan fingerprint density at radius 2 is 2.11 bits per heavy atom. The second-order valence-corrected chi connectivity index (χ2v) is 8.51. The average Bonchev–Trinajstić information content (AvgIpc) is 3.00. The van der Waals surface area contributed by atoms with Crippen molar-refractivity contribution in [2.45, 2.75) is 22.9 Å². The zero-order valence-corrected chi connectivity index (χ0v) is 18.3. The molecular formula is C19H20BrIN4O2. The molecule has 27 heavy (non-hydrogen) atoms. The molecule has 8 heteroatoms. The normalized spacial score (nSPS) is 20.2. The van der Waals surface area contributed by atoms with Gasteiger partial charge in [0.15, 0.2) is 0 Å². The highest BCUT2D eigenvalue weighted by Gasteiger charge is 2.31. The van der Waals surface area contributed by atoms with Gasteiger partial charge in [-0.25, -0.2) is 9.78 Å². The Bertz CT molecular complexity index is 798. The number of likely N-dealkylation sites (tertiary alicyclic amines) is 1. The van der Waals surface area contributed by atoms with Crippen molar-refractivity contribution in [2.75, 3.05) is 18.4 Å². The molecule has 0 radical (unpaired) electrons. The first-order chi connectivity index (χ1) is 13.0. The Morgan fingerprint density at radius 3 is 2.78 bits per heavy atom. The molecule has 1 aromatic carbocycles. The molecule has 2 atom stereocenters. The minimum absolute atomic E-state index is 0.310. The van der Waals surface area contributed by atoms with Crippen molar-refractivity contribution in [2.24, 2.45) is 0 Å². The highest BCUT2D eigenvalue weighted by Crippen LogP contribution is 2.26. The highest BCUT2D eigenvalue weighted by molar-refractivity contribution is 14.1. The van der Waals surface area contributed by atoms with Crippen LogP contribution in [0, 0.1) is 0 Å². The number of alkyl halides is 1. The third-order valence-electron chi connectivity index (χ3n) is 4.41. The first kappa shape index (κ1) is 20.2. The van der Waals surface area contributed by atoms with Gasteiger partial charge in [-0.3, -0.25) is 9.88 Å². The molecule has 2 heterocycles. The Kier molecular flexibility index (Phi) is 7.20. The van der Waals surface area contributed by atoms with E-state index in [2.05, 4.69) is 83.0 Å². The minimum atomic E-state index is -0.999. The monoisotopic (exact) mass is 542 g/mol. The van der Waals surface area contributed by atoms with Gasteiger partial charge in [0, 0.05) is 23.6 Å². The number of nitrogens with one attached hydrogen (secondary N) is 1. The third-order valence-corrected chi connectivity index (χ3v) is 6.60.